The van der Waals surface area contributed by atoms with Gasteiger partial charge in [0.05, 0.1) is 6.04 Å². The van der Waals surface area contributed by atoms with Gasteiger partial charge in [-0.1, -0.05) is 30.3 Å². The molecule has 1 amide bonds. The van der Waals surface area contributed by atoms with E-state index >= 15 is 0 Å². The molecule has 0 fully saturated rings. The van der Waals surface area contributed by atoms with Crippen LogP contribution in [0.25, 0.3) is 0 Å². The van der Waals surface area contributed by atoms with Crippen LogP contribution in [-0.4, -0.2) is 21.1 Å². The fourth-order valence-corrected chi connectivity index (χ4v) is 1.47. The van der Waals surface area contributed by atoms with Gasteiger partial charge >= 0.3 is 0 Å². The van der Waals surface area contributed by atoms with Gasteiger partial charge in [-0.05, 0) is 12.5 Å². The zero-order valence-electron chi connectivity index (χ0n) is 9.34. The predicted molar refractivity (Wildman–Crippen MR) is 63.1 cm³/mol. The predicted octanol–water partition coefficient (Wildman–Crippen LogP) is 0.878. The Kier molecular flexibility index (Phi) is 3.04. The average molecular weight is 231 g/mol. The monoisotopic (exact) mass is 231 g/mol. The standard InChI is InChI=1S/C11H13N5O/c1-7(8-5-3-2-4-6-8)13-10(17)9-14-11(12)16-15-9/h2-7H,1H3,(H,13,17)(H3,12,14,15,16)/t7-/m1/s1. The van der Waals surface area contributed by atoms with E-state index in [0.717, 1.165) is 5.56 Å². The second-order valence-electron chi connectivity index (χ2n) is 3.65. The molecule has 0 saturated heterocycles. The fraction of sp³-hybridized carbons (Fsp3) is 0.182. The van der Waals surface area contributed by atoms with Gasteiger partial charge in [-0.2, -0.15) is 4.98 Å². The van der Waals surface area contributed by atoms with E-state index in [4.69, 9.17) is 5.73 Å². The molecule has 0 saturated carbocycles. The summed E-state index contributed by atoms with van der Waals surface area (Å²) in [5.74, 6) is -0.154. The minimum Gasteiger partial charge on any atom is -0.366 e. The highest BCUT2D eigenvalue weighted by Gasteiger charge is 2.14. The third kappa shape index (κ3) is 2.60. The number of carbonyl (C=O) groups excluding carboxylic acids is 1. The number of nitrogens with zero attached hydrogens (tertiary/aromatic N) is 2. The summed E-state index contributed by atoms with van der Waals surface area (Å²) < 4.78 is 0. The minimum atomic E-state index is -0.328. The Balaban J connectivity index is 2.04. The van der Waals surface area contributed by atoms with Gasteiger partial charge in [-0.15, -0.1) is 5.10 Å². The lowest BCUT2D eigenvalue weighted by Crippen LogP contribution is -2.27. The summed E-state index contributed by atoms with van der Waals surface area (Å²) in [6, 6.07) is 9.55. The summed E-state index contributed by atoms with van der Waals surface area (Å²) in [5.41, 5.74) is 6.35. The topological polar surface area (TPSA) is 96.7 Å². The zero-order valence-corrected chi connectivity index (χ0v) is 9.34. The van der Waals surface area contributed by atoms with Crippen LogP contribution in [0, 0.1) is 0 Å². The number of rotatable bonds is 3. The first-order valence-corrected chi connectivity index (χ1v) is 5.20. The van der Waals surface area contributed by atoms with E-state index in [-0.39, 0.29) is 23.7 Å². The van der Waals surface area contributed by atoms with Crippen LogP contribution < -0.4 is 11.1 Å². The summed E-state index contributed by atoms with van der Waals surface area (Å²) >= 11 is 0. The number of aromatic nitrogens is 3. The van der Waals surface area contributed by atoms with Crippen LogP contribution in [-0.2, 0) is 0 Å². The van der Waals surface area contributed by atoms with Crippen LogP contribution in [0.4, 0.5) is 5.95 Å². The highest BCUT2D eigenvalue weighted by atomic mass is 16.2. The second-order valence-corrected chi connectivity index (χ2v) is 3.65. The Bertz CT molecular complexity index is 508. The van der Waals surface area contributed by atoms with Gasteiger partial charge in [0, 0.05) is 0 Å². The molecular weight excluding hydrogens is 218 g/mol. The summed E-state index contributed by atoms with van der Waals surface area (Å²) in [4.78, 5) is 15.5. The molecule has 17 heavy (non-hydrogen) atoms. The fourth-order valence-electron chi connectivity index (χ4n) is 1.47. The smallest absolute Gasteiger partial charge is 0.289 e. The van der Waals surface area contributed by atoms with Gasteiger partial charge < -0.3 is 11.1 Å². The van der Waals surface area contributed by atoms with E-state index in [0.29, 0.717) is 0 Å². The molecule has 88 valence electrons. The molecule has 2 rings (SSSR count). The third-order valence-corrected chi connectivity index (χ3v) is 2.36. The van der Waals surface area contributed by atoms with E-state index < -0.39 is 0 Å². The number of aromatic amines is 1. The van der Waals surface area contributed by atoms with Crippen molar-refractivity contribution in [1.29, 1.82) is 0 Å². The van der Waals surface area contributed by atoms with Crippen LogP contribution in [0.15, 0.2) is 30.3 Å². The maximum Gasteiger partial charge on any atom is 0.289 e. The van der Waals surface area contributed by atoms with Gasteiger partial charge in [0.2, 0.25) is 11.8 Å². The number of anilines is 1. The Morgan fingerprint density at radius 3 is 2.71 bits per heavy atom. The molecule has 0 aliphatic rings. The number of amides is 1. The van der Waals surface area contributed by atoms with Crippen LogP contribution in [0.2, 0.25) is 0 Å². The SMILES string of the molecule is C[C@@H](NC(=O)c1nc(N)n[nH]1)c1ccccc1. The number of H-pyrrole nitrogens is 1. The van der Waals surface area contributed by atoms with Gasteiger partial charge in [0.15, 0.2) is 0 Å². The van der Waals surface area contributed by atoms with Crippen LogP contribution >= 0.6 is 0 Å². The highest BCUT2D eigenvalue weighted by molar-refractivity contribution is 5.90. The first-order valence-electron chi connectivity index (χ1n) is 5.20. The molecule has 6 nitrogen and oxygen atoms in total. The minimum absolute atomic E-state index is 0.0579. The Hall–Kier alpha value is -2.37. The van der Waals surface area contributed by atoms with Crippen LogP contribution in [0.1, 0.15) is 29.1 Å². The third-order valence-electron chi connectivity index (χ3n) is 2.36. The number of nitrogen functional groups attached to an aromatic ring is 1. The lowest BCUT2D eigenvalue weighted by molar-refractivity contribution is 0.0930. The Morgan fingerprint density at radius 2 is 2.12 bits per heavy atom. The van der Waals surface area contributed by atoms with Crippen molar-refractivity contribution in [3.05, 3.63) is 41.7 Å². The number of benzene rings is 1. The lowest BCUT2D eigenvalue weighted by atomic mass is 10.1. The summed E-state index contributed by atoms with van der Waals surface area (Å²) in [6.07, 6.45) is 0. The number of hydrogen-bond donors (Lipinski definition) is 3. The van der Waals surface area contributed by atoms with Crippen LogP contribution in [0.3, 0.4) is 0 Å². The molecule has 0 unspecified atom stereocenters. The molecule has 0 aliphatic carbocycles. The largest absolute Gasteiger partial charge is 0.366 e. The molecule has 1 aromatic carbocycles. The van der Waals surface area contributed by atoms with Crippen molar-refractivity contribution in [2.75, 3.05) is 5.73 Å². The van der Waals surface area contributed by atoms with Gasteiger partial charge in [0.1, 0.15) is 0 Å². The molecular formula is C11H13N5O. The van der Waals surface area contributed by atoms with Gasteiger partial charge in [-0.25, -0.2) is 0 Å². The molecule has 2 aromatic rings. The number of hydrogen-bond acceptors (Lipinski definition) is 4. The maximum atomic E-state index is 11.7. The highest BCUT2D eigenvalue weighted by Crippen LogP contribution is 2.11. The zero-order chi connectivity index (χ0) is 12.3. The van der Waals surface area contributed by atoms with E-state index in [1.54, 1.807) is 0 Å². The molecule has 1 aromatic heterocycles. The molecule has 0 aliphatic heterocycles. The maximum absolute atomic E-state index is 11.7. The Labute approximate surface area is 98.3 Å². The van der Waals surface area contributed by atoms with Crippen LogP contribution in [0.5, 0.6) is 0 Å². The molecule has 1 heterocycles. The quantitative estimate of drug-likeness (QED) is 0.730. The molecule has 4 N–H and O–H groups in total. The summed E-state index contributed by atoms with van der Waals surface area (Å²) in [5, 5.41) is 8.86. The van der Waals surface area contributed by atoms with E-state index in [2.05, 4.69) is 20.5 Å². The van der Waals surface area contributed by atoms with E-state index in [1.165, 1.54) is 0 Å². The molecule has 6 heteroatoms. The van der Waals surface area contributed by atoms with Crippen molar-refractivity contribution in [1.82, 2.24) is 20.5 Å². The molecule has 0 radical (unpaired) electrons. The van der Waals surface area contributed by atoms with Crippen molar-refractivity contribution in [2.24, 2.45) is 0 Å². The number of nitrogens with two attached hydrogens (primary N) is 1. The normalized spacial score (nSPS) is 12.1. The van der Waals surface area contributed by atoms with Crippen molar-refractivity contribution in [2.45, 2.75) is 13.0 Å². The first kappa shape index (κ1) is 11.1. The Morgan fingerprint density at radius 1 is 1.41 bits per heavy atom. The first-order chi connectivity index (χ1) is 8.16. The van der Waals surface area contributed by atoms with Crippen molar-refractivity contribution < 1.29 is 4.79 Å². The number of carbonyl (C=O) groups is 1. The lowest BCUT2D eigenvalue weighted by Gasteiger charge is -2.12. The number of nitrogens with one attached hydrogen (secondary N) is 2. The van der Waals surface area contributed by atoms with Crippen molar-refractivity contribution in [3.8, 4) is 0 Å². The average Bonchev–Trinajstić information content (AvgIpc) is 2.77. The van der Waals surface area contributed by atoms with Crippen molar-refractivity contribution in [3.63, 3.8) is 0 Å². The summed E-state index contributed by atoms with van der Waals surface area (Å²) in [6.45, 7) is 1.90. The van der Waals surface area contributed by atoms with Gasteiger partial charge in [-0.3, -0.25) is 9.89 Å². The van der Waals surface area contributed by atoms with Gasteiger partial charge in [0.25, 0.3) is 5.91 Å². The van der Waals surface area contributed by atoms with Crippen molar-refractivity contribution >= 4 is 11.9 Å². The van der Waals surface area contributed by atoms with E-state index in [9.17, 15) is 4.79 Å². The molecule has 0 spiro atoms. The molecule has 0 bridgehead atoms. The second kappa shape index (κ2) is 4.65. The molecule has 1 atom stereocenters. The summed E-state index contributed by atoms with van der Waals surface area (Å²) in [7, 11) is 0. The van der Waals surface area contributed by atoms with E-state index in [1.807, 2.05) is 37.3 Å².